The Labute approximate surface area is 504 Å². The fraction of sp³-hybridized carbons (Fsp3) is 0.527. The Hall–Kier alpha value is -9.07. The lowest BCUT2D eigenvalue weighted by Gasteiger charge is -2.28. The summed E-state index contributed by atoms with van der Waals surface area (Å²) in [7, 11) is 0. The van der Waals surface area contributed by atoms with Crippen molar-refractivity contribution in [3.63, 3.8) is 0 Å². The lowest BCUT2D eigenvalue weighted by atomic mass is 9.99. The Morgan fingerprint density at radius 2 is 0.954 bits per heavy atom. The van der Waals surface area contributed by atoms with Gasteiger partial charge in [0.25, 0.3) is 0 Å². The number of carboxylic acids is 2. The zero-order chi connectivity index (χ0) is 65.1. The van der Waals surface area contributed by atoms with Gasteiger partial charge in [-0.05, 0) is 84.9 Å². The van der Waals surface area contributed by atoms with Crippen molar-refractivity contribution in [3.8, 4) is 11.5 Å². The Morgan fingerprint density at radius 3 is 1.41 bits per heavy atom. The molecule has 0 bridgehead atoms. The Kier molecular flexibility index (Phi) is 29.9. The topological polar surface area (TPSA) is 501 Å². The minimum atomic E-state index is -1.89. The quantitative estimate of drug-likeness (QED) is 0.0636. The zero-order valence-corrected chi connectivity index (χ0v) is 49.5. The van der Waals surface area contributed by atoms with Crippen LogP contribution in [-0.4, -0.2) is 189 Å². The number of nitrogens with one attached hydrogen (secondary N) is 10. The number of ether oxygens (including phenoxy) is 1. The van der Waals surface area contributed by atoms with Crippen LogP contribution < -0.4 is 64.6 Å². The van der Waals surface area contributed by atoms with E-state index < -0.39 is 195 Å². The molecule has 2 aromatic rings. The maximum absolute atomic E-state index is 14.4. The fourth-order valence-corrected chi connectivity index (χ4v) is 8.96. The third kappa shape index (κ3) is 26.4. The molecular weight excluding hydrogens is 1160 g/mol. The van der Waals surface area contributed by atoms with Crippen LogP contribution in [0.3, 0.4) is 0 Å². The third-order valence-corrected chi connectivity index (χ3v) is 13.7. The molecule has 0 aliphatic carbocycles. The zero-order valence-electron chi connectivity index (χ0n) is 48.6. The van der Waals surface area contributed by atoms with Crippen molar-refractivity contribution in [2.24, 2.45) is 23.3 Å². The Morgan fingerprint density at radius 1 is 0.540 bits per heavy atom. The van der Waals surface area contributed by atoms with Crippen molar-refractivity contribution >= 4 is 94.6 Å². The first-order valence-electron chi connectivity index (χ1n) is 27.6. The fourth-order valence-electron chi connectivity index (χ4n) is 8.49. The molecule has 1 aliphatic rings. The van der Waals surface area contributed by atoms with Crippen LogP contribution in [0.2, 0.25) is 0 Å². The van der Waals surface area contributed by atoms with Gasteiger partial charge in [-0.2, -0.15) is 11.8 Å². The number of benzene rings is 2. The molecule has 1 fully saturated rings. The van der Waals surface area contributed by atoms with Gasteiger partial charge in [0, 0.05) is 25.7 Å². The highest BCUT2D eigenvalue weighted by atomic mass is 32.2. The molecule has 9 atom stereocenters. The van der Waals surface area contributed by atoms with E-state index in [1.54, 1.807) is 20.1 Å². The number of carbonyl (C=O) groups excluding carboxylic acids is 12. The predicted octanol–water partition coefficient (Wildman–Crippen LogP) is -4.06. The van der Waals surface area contributed by atoms with Gasteiger partial charge in [0.05, 0.1) is 19.6 Å². The van der Waals surface area contributed by atoms with Gasteiger partial charge in [-0.3, -0.25) is 67.1 Å². The lowest BCUT2D eigenvalue weighted by molar-refractivity contribution is -0.139. The molecule has 3 rings (SSSR count). The average Bonchev–Trinajstić information content (AvgIpc) is 3.65. The summed E-state index contributed by atoms with van der Waals surface area (Å²) in [6.07, 6.45) is -2.73. The van der Waals surface area contributed by atoms with Crippen LogP contribution >= 0.6 is 11.8 Å². The molecule has 18 N–H and O–H groups in total. The number of primary amides is 2. The smallest absolute Gasteiger partial charge is 0.303 e. The summed E-state index contributed by atoms with van der Waals surface area (Å²) in [6, 6.07) is -3.97. The van der Waals surface area contributed by atoms with Gasteiger partial charge < -0.3 is 89.8 Å². The maximum atomic E-state index is 14.4. The van der Waals surface area contributed by atoms with Crippen LogP contribution in [0.15, 0.2) is 48.5 Å². The van der Waals surface area contributed by atoms with E-state index in [1.807, 2.05) is 0 Å². The summed E-state index contributed by atoms with van der Waals surface area (Å²) < 4.78 is 5.44. The molecule has 0 radical (unpaired) electrons. The van der Waals surface area contributed by atoms with E-state index in [0.717, 1.165) is 0 Å². The first kappa shape index (κ1) is 72.2. The van der Waals surface area contributed by atoms with Gasteiger partial charge in [0.1, 0.15) is 72.5 Å². The van der Waals surface area contributed by atoms with Gasteiger partial charge >= 0.3 is 11.9 Å². The number of phenols is 2. The van der Waals surface area contributed by atoms with Crippen molar-refractivity contribution in [2.75, 3.05) is 31.8 Å². The normalized spacial score (nSPS) is 23.4. The van der Waals surface area contributed by atoms with Crippen LogP contribution in [-0.2, 0) is 84.7 Å². The summed E-state index contributed by atoms with van der Waals surface area (Å²) >= 11 is 1.29. The molecule has 87 heavy (non-hydrogen) atoms. The van der Waals surface area contributed by atoms with E-state index in [0.29, 0.717) is 11.1 Å². The van der Waals surface area contributed by atoms with Crippen molar-refractivity contribution < 1.29 is 92.3 Å². The molecule has 0 saturated carbocycles. The number of rotatable bonds is 19. The predicted molar refractivity (Wildman–Crippen MR) is 309 cm³/mol. The van der Waals surface area contributed by atoms with Gasteiger partial charge in [-0.15, -0.1) is 0 Å². The first-order chi connectivity index (χ1) is 41.0. The lowest BCUT2D eigenvalue weighted by Crippen LogP contribution is -2.61. The number of thioether (sulfide) groups is 1. The molecule has 1 heterocycles. The minimum Gasteiger partial charge on any atom is -0.508 e. The summed E-state index contributed by atoms with van der Waals surface area (Å²) in [5.74, 6) is -16.9. The summed E-state index contributed by atoms with van der Waals surface area (Å²) in [5.41, 5.74) is 11.8. The number of hydrogen-bond acceptors (Lipinski definition) is 18. The average molecular weight is 1240 g/mol. The van der Waals surface area contributed by atoms with Crippen molar-refractivity contribution in [1.82, 2.24) is 53.2 Å². The van der Waals surface area contributed by atoms with Crippen molar-refractivity contribution in [2.45, 2.75) is 140 Å². The molecule has 0 spiro atoms. The van der Waals surface area contributed by atoms with Crippen LogP contribution in [0.1, 0.15) is 83.8 Å². The van der Waals surface area contributed by atoms with Gasteiger partial charge in [-0.25, -0.2) is 0 Å². The summed E-state index contributed by atoms with van der Waals surface area (Å²) in [5, 5.41) is 63.3. The molecule has 12 amide bonds. The number of phenolic OH excluding ortho intramolecular Hbond substituents is 2. The molecular formula is C55H78N12O19S. The van der Waals surface area contributed by atoms with Gasteiger partial charge in [0.15, 0.2) is 0 Å². The molecule has 478 valence electrons. The molecule has 32 heteroatoms. The standard InChI is InChI=1S/C55H78N12O19S/c1-27(2)20-36-51(81)64-37(21-29-6-10-31(68)11-7-29)52(82)61-34(15-17-45(75)76)49(79)65-39(23-41(56)70)54(84)67-46(28(3)4)55(85)58-24-42(71)59-35(18-19-87-5)50(80)63-38(22-30-8-12-32(69)13-9-30)53(83)66-40(47(57)77)25-86-26-43(72)60-33(48(78)62-36)14-16-44(73)74/h6-13,27-28,33-40,46,68-69H,14-26H2,1-5H3,(H2,56,70)(H2,57,77)(H,58,85)(H,59,71)(H,60,72)(H,61,82)(H,62,78)(H,63,80)(H,64,81)(H,65,79)(H,66,83)(H,67,84)(H,73,74)(H,75,76)/t33-,34-,35-,36-,37-,38-,39-,40?,46-/m0/s1. The Bertz CT molecular complexity index is 2790. The van der Waals surface area contributed by atoms with E-state index in [4.69, 9.17) is 16.2 Å². The summed E-state index contributed by atoms with van der Waals surface area (Å²) in [4.78, 5) is 189. The second-order valence-corrected chi connectivity index (χ2v) is 22.1. The molecule has 1 saturated heterocycles. The Balaban J connectivity index is 2.18. The monoisotopic (exact) mass is 1240 g/mol. The minimum absolute atomic E-state index is 0.0364. The number of nitrogens with two attached hydrogens (primary N) is 2. The molecule has 31 nitrogen and oxygen atoms in total. The van der Waals surface area contributed by atoms with Gasteiger partial charge in [0.2, 0.25) is 70.9 Å². The first-order valence-corrected chi connectivity index (χ1v) is 29.0. The van der Waals surface area contributed by atoms with Crippen LogP contribution in [0.5, 0.6) is 11.5 Å². The number of hydrogen-bond donors (Lipinski definition) is 16. The van der Waals surface area contributed by atoms with E-state index >= 15 is 0 Å². The molecule has 1 aliphatic heterocycles. The van der Waals surface area contributed by atoms with E-state index in [9.17, 15) is 87.5 Å². The SMILES string of the molecule is CSCC[C@@H]1NC(=O)CNC(=O)[C@H](C(C)C)NC(=O)[C@H](CC(N)=O)NC(=O)[C@H](CCC(=O)O)NC(=O)[C@H](Cc2ccc(O)cc2)NC(=O)[C@H](CC(C)C)NC(=O)[C@H](CCC(=O)O)NC(=O)COCC(C(N)=O)NC(=O)[C@H](Cc2ccc(O)cc2)NC1=O. The van der Waals surface area contributed by atoms with E-state index in [-0.39, 0.29) is 48.9 Å². The van der Waals surface area contributed by atoms with Crippen LogP contribution in [0, 0.1) is 11.8 Å². The third-order valence-electron chi connectivity index (χ3n) is 13.1. The van der Waals surface area contributed by atoms with Crippen molar-refractivity contribution in [1.29, 1.82) is 0 Å². The maximum Gasteiger partial charge on any atom is 0.303 e. The van der Waals surface area contributed by atoms with Crippen LogP contribution in [0.4, 0.5) is 0 Å². The van der Waals surface area contributed by atoms with Gasteiger partial charge in [-0.1, -0.05) is 52.0 Å². The number of carbonyl (C=O) groups is 14. The number of carboxylic acid groups (broad SMARTS) is 2. The number of amides is 12. The van der Waals surface area contributed by atoms with E-state index in [1.165, 1.54) is 74.1 Å². The largest absolute Gasteiger partial charge is 0.508 e. The highest BCUT2D eigenvalue weighted by molar-refractivity contribution is 7.98. The van der Waals surface area contributed by atoms with Crippen LogP contribution in [0.25, 0.3) is 0 Å². The number of aromatic hydroxyl groups is 2. The highest BCUT2D eigenvalue weighted by Gasteiger charge is 2.36. The number of aliphatic carboxylic acids is 2. The van der Waals surface area contributed by atoms with E-state index in [2.05, 4.69) is 53.2 Å². The molecule has 2 aromatic carbocycles. The highest BCUT2D eigenvalue weighted by Crippen LogP contribution is 2.16. The second-order valence-electron chi connectivity index (χ2n) is 21.2. The molecule has 1 unspecified atom stereocenters. The molecule has 0 aromatic heterocycles. The summed E-state index contributed by atoms with van der Waals surface area (Å²) in [6.45, 7) is 3.80. The van der Waals surface area contributed by atoms with Crippen molar-refractivity contribution in [3.05, 3.63) is 59.7 Å². The second kappa shape index (κ2) is 36.0.